The minimum absolute atomic E-state index is 0.0489. The zero-order valence-corrected chi connectivity index (χ0v) is 12.0. The molecule has 2 rings (SSSR count). The highest BCUT2D eigenvalue weighted by atomic mass is 16.6. The van der Waals surface area contributed by atoms with Crippen LogP contribution in [0.2, 0.25) is 0 Å². The number of carbonyl (C=O) groups is 1. The Hall–Kier alpha value is -2.71. The van der Waals surface area contributed by atoms with Gasteiger partial charge in [-0.25, -0.2) is 0 Å². The average molecular weight is 308 g/mol. The summed E-state index contributed by atoms with van der Waals surface area (Å²) >= 11 is 0. The lowest BCUT2D eigenvalue weighted by molar-refractivity contribution is -0.392. The van der Waals surface area contributed by atoms with Crippen molar-refractivity contribution in [3.8, 4) is 0 Å². The monoisotopic (exact) mass is 308 g/mol. The van der Waals surface area contributed by atoms with Crippen molar-refractivity contribution in [1.82, 2.24) is 0 Å². The molecule has 2 N–H and O–H groups in total. The molecular weight excluding hydrogens is 292 g/mol. The van der Waals surface area contributed by atoms with Gasteiger partial charge in [0.1, 0.15) is 0 Å². The van der Waals surface area contributed by atoms with Gasteiger partial charge in [-0.2, -0.15) is 0 Å². The number of amides is 1. The van der Waals surface area contributed by atoms with Crippen molar-refractivity contribution in [2.24, 2.45) is 5.73 Å². The first kappa shape index (κ1) is 15.7. The molecule has 1 fully saturated rings. The highest BCUT2D eigenvalue weighted by Gasteiger charge is 2.34. The van der Waals surface area contributed by atoms with Gasteiger partial charge in [0.25, 0.3) is 11.4 Å². The topological polar surface area (TPSA) is 133 Å². The fourth-order valence-electron chi connectivity index (χ4n) is 2.75. The van der Waals surface area contributed by atoms with Crippen molar-refractivity contribution in [2.45, 2.75) is 32.2 Å². The summed E-state index contributed by atoms with van der Waals surface area (Å²) in [6, 6.07) is 1.96. The number of piperidine rings is 1. The molecule has 0 unspecified atom stereocenters. The van der Waals surface area contributed by atoms with Gasteiger partial charge in [0.15, 0.2) is 5.69 Å². The zero-order valence-electron chi connectivity index (χ0n) is 12.0. The molecule has 1 saturated heterocycles. The summed E-state index contributed by atoms with van der Waals surface area (Å²) in [5, 5.41) is 22.6. The lowest BCUT2D eigenvalue weighted by Crippen LogP contribution is -2.38. The second-order valence-electron chi connectivity index (χ2n) is 5.28. The molecule has 0 radical (unpaired) electrons. The van der Waals surface area contributed by atoms with Crippen LogP contribution in [-0.4, -0.2) is 28.3 Å². The van der Waals surface area contributed by atoms with Gasteiger partial charge in [0, 0.05) is 24.7 Å². The molecule has 0 aromatic heterocycles. The number of nitrogens with two attached hydrogens (primary N) is 1. The van der Waals surface area contributed by atoms with Gasteiger partial charge in [0.2, 0.25) is 5.91 Å². The highest BCUT2D eigenvalue weighted by molar-refractivity contribution is 5.96. The summed E-state index contributed by atoms with van der Waals surface area (Å²) in [5.74, 6) is -0.940. The Morgan fingerprint density at radius 2 is 1.77 bits per heavy atom. The number of nitro benzene ring substituents is 2. The first-order valence-electron chi connectivity index (χ1n) is 6.86. The molecule has 0 saturated carbocycles. The van der Waals surface area contributed by atoms with Crippen molar-refractivity contribution in [3.05, 3.63) is 37.9 Å². The number of nitrogens with zero attached hydrogens (tertiary/aromatic N) is 3. The first-order valence-corrected chi connectivity index (χ1v) is 6.86. The third-order valence-electron chi connectivity index (χ3n) is 3.84. The number of benzene rings is 1. The van der Waals surface area contributed by atoms with Crippen molar-refractivity contribution in [1.29, 1.82) is 0 Å². The molecule has 1 aliphatic heterocycles. The van der Waals surface area contributed by atoms with Gasteiger partial charge in [-0.1, -0.05) is 0 Å². The van der Waals surface area contributed by atoms with E-state index in [9.17, 15) is 25.0 Å². The van der Waals surface area contributed by atoms with Crippen LogP contribution in [0.4, 0.5) is 17.1 Å². The largest absolute Gasteiger partial charge is 0.366 e. The standard InChI is InChI=1S/C13H16N4O5/c1-8-4-2-3-5-15(8)12-10(16(19)20)6-9(13(14)18)7-11(12)17(21)22/h6-8H,2-5H2,1H3,(H2,14,18)/t8-/m1/s1. The van der Waals surface area contributed by atoms with E-state index in [2.05, 4.69) is 0 Å². The zero-order chi connectivity index (χ0) is 16.4. The van der Waals surface area contributed by atoms with Crippen LogP contribution < -0.4 is 10.6 Å². The Balaban J connectivity index is 2.70. The number of hydrogen-bond acceptors (Lipinski definition) is 6. The molecular formula is C13H16N4O5. The average Bonchev–Trinajstić information content (AvgIpc) is 2.46. The van der Waals surface area contributed by atoms with Crippen molar-refractivity contribution in [2.75, 3.05) is 11.4 Å². The Kier molecular flexibility index (Phi) is 4.25. The van der Waals surface area contributed by atoms with Crippen LogP contribution in [0.3, 0.4) is 0 Å². The van der Waals surface area contributed by atoms with Crippen molar-refractivity contribution in [3.63, 3.8) is 0 Å². The second kappa shape index (κ2) is 5.96. The Morgan fingerprint density at radius 3 is 2.18 bits per heavy atom. The maximum atomic E-state index is 11.3. The molecule has 1 aromatic carbocycles. The minimum atomic E-state index is -0.940. The van der Waals surface area contributed by atoms with E-state index in [1.54, 1.807) is 4.90 Å². The van der Waals surface area contributed by atoms with E-state index >= 15 is 0 Å². The van der Waals surface area contributed by atoms with Crippen LogP contribution in [0.15, 0.2) is 12.1 Å². The van der Waals surface area contributed by atoms with Gasteiger partial charge in [-0.15, -0.1) is 0 Å². The molecule has 0 bridgehead atoms. The van der Waals surface area contributed by atoms with E-state index in [1.165, 1.54) is 0 Å². The SMILES string of the molecule is C[C@@H]1CCCCN1c1c([N+](=O)[O-])cc(C(N)=O)cc1[N+](=O)[O-]. The molecule has 9 heteroatoms. The Morgan fingerprint density at radius 1 is 1.23 bits per heavy atom. The van der Waals surface area contributed by atoms with Crippen LogP contribution in [0, 0.1) is 20.2 Å². The summed E-state index contributed by atoms with van der Waals surface area (Å²) in [6.45, 7) is 2.37. The number of nitro groups is 2. The molecule has 9 nitrogen and oxygen atoms in total. The number of anilines is 1. The predicted molar refractivity (Wildman–Crippen MR) is 78.9 cm³/mol. The van der Waals surface area contributed by atoms with Crippen molar-refractivity contribution >= 4 is 23.0 Å². The number of carbonyl (C=O) groups excluding carboxylic acids is 1. The molecule has 22 heavy (non-hydrogen) atoms. The molecule has 118 valence electrons. The van der Waals surface area contributed by atoms with E-state index in [-0.39, 0.29) is 17.3 Å². The molecule has 1 aliphatic rings. The number of rotatable bonds is 4. The Labute approximate surface area is 126 Å². The quantitative estimate of drug-likeness (QED) is 0.668. The summed E-state index contributed by atoms with van der Waals surface area (Å²) in [4.78, 5) is 34.2. The molecule has 0 aliphatic carbocycles. The van der Waals surface area contributed by atoms with E-state index in [4.69, 9.17) is 5.73 Å². The van der Waals surface area contributed by atoms with Gasteiger partial charge in [-0.3, -0.25) is 25.0 Å². The van der Waals surface area contributed by atoms with E-state index in [0.717, 1.165) is 31.4 Å². The predicted octanol–water partition coefficient (Wildman–Crippen LogP) is 1.98. The molecule has 1 amide bonds. The lowest BCUT2D eigenvalue weighted by atomic mass is 10.0. The van der Waals surface area contributed by atoms with E-state index in [1.807, 2.05) is 6.92 Å². The van der Waals surface area contributed by atoms with Crippen LogP contribution in [0.1, 0.15) is 36.5 Å². The first-order chi connectivity index (χ1) is 10.3. The normalized spacial score (nSPS) is 18.0. The fourth-order valence-corrected chi connectivity index (χ4v) is 2.75. The Bertz CT molecular complexity index is 610. The van der Waals surface area contributed by atoms with E-state index in [0.29, 0.717) is 6.54 Å². The molecule has 0 spiro atoms. The van der Waals surface area contributed by atoms with Crippen molar-refractivity contribution < 1.29 is 14.6 Å². The molecule has 1 heterocycles. The highest BCUT2D eigenvalue weighted by Crippen LogP contribution is 2.41. The molecule has 1 atom stereocenters. The minimum Gasteiger partial charge on any atom is -0.366 e. The van der Waals surface area contributed by atoms with Crippen LogP contribution in [0.25, 0.3) is 0 Å². The lowest BCUT2D eigenvalue weighted by Gasteiger charge is -2.34. The number of hydrogen-bond donors (Lipinski definition) is 1. The summed E-state index contributed by atoms with van der Waals surface area (Å²) in [5.41, 5.74) is 3.89. The summed E-state index contributed by atoms with van der Waals surface area (Å²) in [6.07, 6.45) is 2.57. The maximum absolute atomic E-state index is 11.3. The second-order valence-corrected chi connectivity index (χ2v) is 5.28. The van der Waals surface area contributed by atoms with Gasteiger partial charge >= 0.3 is 0 Å². The van der Waals surface area contributed by atoms with Crippen LogP contribution >= 0.6 is 0 Å². The third-order valence-corrected chi connectivity index (χ3v) is 3.84. The number of primary amides is 1. The summed E-state index contributed by atoms with van der Waals surface area (Å²) < 4.78 is 0. The molecule has 1 aromatic rings. The van der Waals surface area contributed by atoms with Gasteiger partial charge in [-0.05, 0) is 26.2 Å². The van der Waals surface area contributed by atoms with Crippen LogP contribution in [0.5, 0.6) is 0 Å². The third kappa shape index (κ3) is 2.83. The van der Waals surface area contributed by atoms with Crippen LogP contribution in [-0.2, 0) is 0 Å². The fraction of sp³-hybridized carbons (Fsp3) is 0.462. The maximum Gasteiger partial charge on any atom is 0.300 e. The van der Waals surface area contributed by atoms with Gasteiger partial charge in [0.05, 0.1) is 15.4 Å². The van der Waals surface area contributed by atoms with Gasteiger partial charge < -0.3 is 10.6 Å². The smallest absolute Gasteiger partial charge is 0.300 e. The van der Waals surface area contributed by atoms with E-state index < -0.39 is 27.1 Å². The summed E-state index contributed by atoms with van der Waals surface area (Å²) in [7, 11) is 0.